The third kappa shape index (κ3) is 6.22. The van der Waals surface area contributed by atoms with E-state index in [0.29, 0.717) is 6.54 Å². The van der Waals surface area contributed by atoms with Crippen molar-refractivity contribution in [2.75, 3.05) is 20.2 Å². The van der Waals surface area contributed by atoms with Crippen LogP contribution in [0.2, 0.25) is 0 Å². The van der Waals surface area contributed by atoms with E-state index in [1.165, 1.54) is 0 Å². The molecule has 0 aliphatic carbocycles. The van der Waals surface area contributed by atoms with Crippen LogP contribution in [0.1, 0.15) is 44.4 Å². The van der Waals surface area contributed by atoms with E-state index < -0.39 is 0 Å². The number of aliphatic imine (C=N–C) groups is 1. The van der Waals surface area contributed by atoms with Crippen LogP contribution in [0.25, 0.3) is 0 Å². The molecular formula is C20H31IN6O2. The van der Waals surface area contributed by atoms with Gasteiger partial charge in [0.1, 0.15) is 17.8 Å². The summed E-state index contributed by atoms with van der Waals surface area (Å²) in [4.78, 5) is 9.29. The van der Waals surface area contributed by atoms with E-state index in [1.54, 1.807) is 7.11 Å². The van der Waals surface area contributed by atoms with Gasteiger partial charge >= 0.3 is 0 Å². The standard InChI is InChI=1S/C20H30N6O2.HI/c1-5-21-20(24-16-9-8-12-26-19(16)23-15(3)25-26)22-13-14(2)28-18-11-7-6-10-17(18)27-4;/h6-7,10-11,14,16H,5,8-9,12-13H2,1-4H3,(H2,21,22,24);1H. The van der Waals surface area contributed by atoms with Crippen molar-refractivity contribution in [3.8, 4) is 11.5 Å². The minimum Gasteiger partial charge on any atom is -0.493 e. The maximum atomic E-state index is 6.00. The highest BCUT2D eigenvalue weighted by Gasteiger charge is 2.24. The van der Waals surface area contributed by atoms with Gasteiger partial charge in [-0.05, 0) is 45.7 Å². The zero-order valence-electron chi connectivity index (χ0n) is 17.5. The van der Waals surface area contributed by atoms with Gasteiger partial charge in [-0.1, -0.05) is 12.1 Å². The molecule has 2 N–H and O–H groups in total. The molecule has 0 saturated heterocycles. The Balaban J connectivity index is 0.00000300. The number of aromatic nitrogens is 3. The highest BCUT2D eigenvalue weighted by atomic mass is 127. The highest BCUT2D eigenvalue weighted by molar-refractivity contribution is 14.0. The molecular weight excluding hydrogens is 483 g/mol. The van der Waals surface area contributed by atoms with Crippen LogP contribution in [-0.2, 0) is 6.54 Å². The molecule has 0 amide bonds. The Bertz CT molecular complexity index is 810. The van der Waals surface area contributed by atoms with Gasteiger partial charge in [0.05, 0.1) is 19.7 Å². The van der Waals surface area contributed by atoms with Crippen molar-refractivity contribution in [1.29, 1.82) is 0 Å². The van der Waals surface area contributed by atoms with Gasteiger partial charge < -0.3 is 20.1 Å². The summed E-state index contributed by atoms with van der Waals surface area (Å²) in [5, 5.41) is 11.3. The van der Waals surface area contributed by atoms with Crippen LogP contribution in [-0.4, -0.2) is 47.0 Å². The predicted molar refractivity (Wildman–Crippen MR) is 124 cm³/mol. The summed E-state index contributed by atoms with van der Waals surface area (Å²) in [6.07, 6.45) is 1.99. The van der Waals surface area contributed by atoms with E-state index in [2.05, 4.69) is 27.6 Å². The number of aryl methyl sites for hydroxylation is 2. The zero-order chi connectivity index (χ0) is 19.9. The van der Waals surface area contributed by atoms with Gasteiger partial charge in [-0.3, -0.25) is 0 Å². The number of hydrogen-bond donors (Lipinski definition) is 2. The maximum absolute atomic E-state index is 6.00. The molecule has 0 fully saturated rings. The van der Waals surface area contributed by atoms with E-state index >= 15 is 0 Å². The first kappa shape index (κ1) is 23.2. The van der Waals surface area contributed by atoms with Crippen LogP contribution in [0.15, 0.2) is 29.3 Å². The van der Waals surface area contributed by atoms with Gasteiger partial charge in [-0.15, -0.1) is 24.0 Å². The lowest BCUT2D eigenvalue weighted by molar-refractivity contribution is 0.219. The Kier molecular flexibility index (Phi) is 8.99. The molecule has 3 rings (SSSR count). The summed E-state index contributed by atoms with van der Waals surface area (Å²) in [5.41, 5.74) is 0. The molecule has 1 aliphatic heterocycles. The number of benzene rings is 1. The Hall–Kier alpha value is -2.04. The lowest BCUT2D eigenvalue weighted by Crippen LogP contribution is -2.42. The molecule has 1 aromatic carbocycles. The first-order valence-electron chi connectivity index (χ1n) is 9.86. The lowest BCUT2D eigenvalue weighted by Gasteiger charge is -2.25. The monoisotopic (exact) mass is 514 g/mol. The number of para-hydroxylation sites is 2. The van der Waals surface area contributed by atoms with Gasteiger partial charge in [0.2, 0.25) is 0 Å². The normalized spacial score (nSPS) is 17.0. The quantitative estimate of drug-likeness (QED) is 0.336. The van der Waals surface area contributed by atoms with E-state index in [0.717, 1.165) is 55.0 Å². The summed E-state index contributed by atoms with van der Waals surface area (Å²) in [5.74, 6) is 4.00. The molecule has 2 aromatic rings. The molecule has 2 atom stereocenters. The van der Waals surface area contributed by atoms with Crippen molar-refractivity contribution in [3.05, 3.63) is 35.9 Å². The SMILES string of the molecule is CCNC(=NCC(C)Oc1ccccc1OC)NC1CCCn2nc(C)nc21.I. The van der Waals surface area contributed by atoms with E-state index in [1.807, 2.05) is 42.8 Å². The van der Waals surface area contributed by atoms with E-state index in [-0.39, 0.29) is 36.1 Å². The average molecular weight is 514 g/mol. The number of rotatable bonds is 7. The first-order valence-corrected chi connectivity index (χ1v) is 9.86. The number of fused-ring (bicyclic) bond motifs is 1. The fourth-order valence-electron chi connectivity index (χ4n) is 3.28. The van der Waals surface area contributed by atoms with E-state index in [4.69, 9.17) is 14.5 Å². The van der Waals surface area contributed by atoms with Crippen LogP contribution in [0.3, 0.4) is 0 Å². The van der Waals surface area contributed by atoms with Gasteiger partial charge in [-0.2, -0.15) is 5.10 Å². The molecule has 0 bridgehead atoms. The molecule has 9 heteroatoms. The number of methoxy groups -OCH3 is 1. The molecule has 29 heavy (non-hydrogen) atoms. The van der Waals surface area contributed by atoms with Crippen molar-refractivity contribution in [2.24, 2.45) is 4.99 Å². The molecule has 0 radical (unpaired) electrons. The maximum Gasteiger partial charge on any atom is 0.191 e. The van der Waals surface area contributed by atoms with Crippen molar-refractivity contribution < 1.29 is 9.47 Å². The van der Waals surface area contributed by atoms with Crippen LogP contribution >= 0.6 is 24.0 Å². The third-order valence-electron chi connectivity index (χ3n) is 4.54. The number of guanidine groups is 1. The number of nitrogens with zero attached hydrogens (tertiary/aromatic N) is 4. The second-order valence-corrected chi connectivity index (χ2v) is 6.88. The second-order valence-electron chi connectivity index (χ2n) is 6.88. The van der Waals surface area contributed by atoms with Crippen molar-refractivity contribution >= 4 is 29.9 Å². The molecule has 8 nitrogen and oxygen atoms in total. The summed E-state index contributed by atoms with van der Waals surface area (Å²) < 4.78 is 13.3. The summed E-state index contributed by atoms with van der Waals surface area (Å²) in [6, 6.07) is 7.75. The van der Waals surface area contributed by atoms with Gasteiger partial charge in [-0.25, -0.2) is 14.7 Å². The first-order chi connectivity index (χ1) is 13.6. The van der Waals surface area contributed by atoms with E-state index in [9.17, 15) is 0 Å². The van der Waals surface area contributed by atoms with Crippen LogP contribution < -0.4 is 20.1 Å². The predicted octanol–water partition coefficient (Wildman–Crippen LogP) is 3.07. The Morgan fingerprint density at radius 3 is 2.83 bits per heavy atom. The zero-order valence-corrected chi connectivity index (χ0v) is 19.8. The number of nitrogens with one attached hydrogen (secondary N) is 2. The lowest BCUT2D eigenvalue weighted by atomic mass is 10.1. The average Bonchev–Trinajstić information content (AvgIpc) is 3.08. The summed E-state index contributed by atoms with van der Waals surface area (Å²) in [6.45, 7) is 8.21. The van der Waals surface area contributed by atoms with Crippen molar-refractivity contribution in [2.45, 2.75) is 52.3 Å². The van der Waals surface area contributed by atoms with Crippen LogP contribution in [0, 0.1) is 6.92 Å². The number of halogens is 1. The molecule has 0 saturated carbocycles. The minimum atomic E-state index is -0.0935. The Morgan fingerprint density at radius 2 is 2.10 bits per heavy atom. The third-order valence-corrected chi connectivity index (χ3v) is 4.54. The van der Waals surface area contributed by atoms with Gasteiger partial charge in [0.25, 0.3) is 0 Å². The molecule has 0 spiro atoms. The van der Waals surface area contributed by atoms with Crippen molar-refractivity contribution in [3.63, 3.8) is 0 Å². The molecule has 2 unspecified atom stereocenters. The summed E-state index contributed by atoms with van der Waals surface area (Å²) in [7, 11) is 1.64. The molecule has 1 aromatic heterocycles. The molecule has 2 heterocycles. The Labute approximate surface area is 189 Å². The number of ether oxygens (including phenoxy) is 2. The smallest absolute Gasteiger partial charge is 0.191 e. The minimum absolute atomic E-state index is 0. The van der Waals surface area contributed by atoms with Crippen molar-refractivity contribution in [1.82, 2.24) is 25.4 Å². The van der Waals surface area contributed by atoms with Crippen LogP contribution in [0.4, 0.5) is 0 Å². The fourth-order valence-corrected chi connectivity index (χ4v) is 3.28. The fraction of sp³-hybridized carbons (Fsp3) is 0.550. The Morgan fingerprint density at radius 1 is 1.34 bits per heavy atom. The van der Waals surface area contributed by atoms with Gasteiger partial charge in [0, 0.05) is 13.1 Å². The molecule has 160 valence electrons. The van der Waals surface area contributed by atoms with Crippen LogP contribution in [0.5, 0.6) is 11.5 Å². The second kappa shape index (κ2) is 11.2. The summed E-state index contributed by atoms with van der Waals surface area (Å²) >= 11 is 0. The largest absolute Gasteiger partial charge is 0.493 e. The number of hydrogen-bond acceptors (Lipinski definition) is 5. The topological polar surface area (TPSA) is 85.6 Å². The molecule has 1 aliphatic rings. The highest BCUT2D eigenvalue weighted by Crippen LogP contribution is 2.27. The van der Waals surface area contributed by atoms with Gasteiger partial charge in [0.15, 0.2) is 17.5 Å².